The Balaban J connectivity index is 0.00000261. The molecule has 0 saturated carbocycles. The third-order valence-corrected chi connectivity index (χ3v) is 4.03. The molecule has 5 nitrogen and oxygen atoms in total. The molecule has 0 radical (unpaired) electrons. The summed E-state index contributed by atoms with van der Waals surface area (Å²) in [6.45, 7) is -0.446. The number of benzene rings is 1. The maximum atomic E-state index is 13.9. The van der Waals surface area contributed by atoms with E-state index in [9.17, 15) is 18.0 Å². The van der Waals surface area contributed by atoms with E-state index in [4.69, 9.17) is 7.48 Å². The van der Waals surface area contributed by atoms with Crippen molar-refractivity contribution in [3.8, 4) is 5.88 Å². The summed E-state index contributed by atoms with van der Waals surface area (Å²) in [6, 6.07) is 2.11. The molecule has 0 amide bonds. The molecule has 1 aliphatic rings. The average Bonchev–Trinajstić information content (AvgIpc) is 2.54. The summed E-state index contributed by atoms with van der Waals surface area (Å²) in [5, 5.41) is 0. The number of anilines is 1. The van der Waals surface area contributed by atoms with Crippen molar-refractivity contribution in [2.24, 2.45) is 0 Å². The summed E-state index contributed by atoms with van der Waals surface area (Å²) in [5.74, 6) is -4.07. The maximum absolute atomic E-state index is 13.9. The van der Waals surface area contributed by atoms with Crippen LogP contribution in [0.4, 0.5) is 19.0 Å². The first-order chi connectivity index (χ1) is 12.1. The molecule has 1 aliphatic heterocycles. The van der Waals surface area contributed by atoms with E-state index in [1.165, 1.54) is 10.6 Å². The predicted molar refractivity (Wildman–Crippen MR) is 92.0 cm³/mol. The lowest BCUT2D eigenvalue weighted by molar-refractivity contribution is 0.282. The van der Waals surface area contributed by atoms with Crippen molar-refractivity contribution >= 4 is 19.3 Å². The van der Waals surface area contributed by atoms with Crippen molar-refractivity contribution in [1.29, 1.82) is 0 Å². The van der Waals surface area contributed by atoms with E-state index in [2.05, 4.69) is 4.98 Å². The lowest BCUT2D eigenvalue weighted by Crippen LogP contribution is -2.41. The fourth-order valence-electron chi connectivity index (χ4n) is 2.47. The molecule has 0 fully saturated rings. The Morgan fingerprint density at radius 2 is 1.96 bits per heavy atom. The Morgan fingerprint density at radius 3 is 2.68 bits per heavy atom. The second-order valence-corrected chi connectivity index (χ2v) is 5.59. The Morgan fingerprint density at radius 1 is 1.28 bits per heavy atom. The lowest BCUT2D eigenvalue weighted by Gasteiger charge is -2.34. The van der Waals surface area contributed by atoms with E-state index < -0.39 is 35.3 Å². The third kappa shape index (κ3) is 3.76. The molecule has 0 bridgehead atoms. The van der Waals surface area contributed by atoms with Crippen LogP contribution in [0.1, 0.15) is 21.6 Å². The molecular formula is C16H18F3N3O2S. The predicted octanol–water partition coefficient (Wildman–Crippen LogP) is 2.58. The number of nitrogens with zero attached hydrogens (tertiary/aromatic N) is 3. The molecule has 0 N–H and O–H groups in total. The Kier molecular flexibility index (Phi) is 4.82. The van der Waals surface area contributed by atoms with Crippen molar-refractivity contribution in [3.05, 3.63) is 51.7 Å². The summed E-state index contributed by atoms with van der Waals surface area (Å²) in [6.07, 6.45) is 0.742. The highest BCUT2D eigenvalue weighted by molar-refractivity contribution is 7.59. The van der Waals surface area contributed by atoms with Gasteiger partial charge in [-0.3, -0.25) is 4.57 Å². The molecular weight excluding hydrogens is 355 g/mol. The minimum Gasteiger partial charge on any atom is -0.472 e. The number of aromatic nitrogens is 2. The van der Waals surface area contributed by atoms with Crippen LogP contribution in [0.2, 0.25) is 0 Å². The van der Waals surface area contributed by atoms with E-state index in [1.807, 2.05) is 11.8 Å². The minimum atomic E-state index is -2.87. The van der Waals surface area contributed by atoms with Gasteiger partial charge in [0.25, 0.3) is 0 Å². The van der Waals surface area contributed by atoms with Gasteiger partial charge in [-0.15, -0.1) is 0 Å². The van der Waals surface area contributed by atoms with Gasteiger partial charge in [-0.25, -0.2) is 18.0 Å². The molecule has 1 aromatic carbocycles. The summed E-state index contributed by atoms with van der Waals surface area (Å²) >= 11 is 0. The number of halogens is 3. The zero-order valence-electron chi connectivity index (χ0n) is 15.5. The van der Waals surface area contributed by atoms with E-state index in [-0.39, 0.29) is 31.5 Å². The monoisotopic (exact) mass is 375 g/mol. The normalized spacial score (nSPS) is 18.0. The SMILES string of the molecule is S.[2H]C([2H])(Oc1cc2n(c(=O)n1)CC[C@H](C)N2C)c1cc(F)c(F)cc1F. The van der Waals surface area contributed by atoms with Crippen LogP contribution < -0.4 is 15.3 Å². The van der Waals surface area contributed by atoms with Crippen LogP contribution in [0.3, 0.4) is 0 Å². The van der Waals surface area contributed by atoms with Gasteiger partial charge in [0, 0.05) is 37.3 Å². The zero-order valence-corrected chi connectivity index (χ0v) is 14.5. The van der Waals surface area contributed by atoms with Gasteiger partial charge in [-0.05, 0) is 19.4 Å². The average molecular weight is 375 g/mol. The first-order valence-electron chi connectivity index (χ1n) is 8.29. The van der Waals surface area contributed by atoms with Crippen molar-refractivity contribution < 1.29 is 20.6 Å². The van der Waals surface area contributed by atoms with Gasteiger partial charge in [-0.1, -0.05) is 0 Å². The zero-order chi connectivity index (χ0) is 19.2. The molecule has 9 heteroatoms. The van der Waals surface area contributed by atoms with E-state index in [0.717, 1.165) is 6.42 Å². The number of rotatable bonds is 3. The smallest absolute Gasteiger partial charge is 0.352 e. The quantitative estimate of drug-likeness (QED) is 0.774. The Labute approximate surface area is 152 Å². The van der Waals surface area contributed by atoms with E-state index >= 15 is 0 Å². The summed E-state index contributed by atoms with van der Waals surface area (Å²) in [4.78, 5) is 17.6. The third-order valence-electron chi connectivity index (χ3n) is 4.03. The van der Waals surface area contributed by atoms with Crippen LogP contribution >= 0.6 is 13.5 Å². The van der Waals surface area contributed by atoms with Crippen LogP contribution in [0.15, 0.2) is 23.0 Å². The van der Waals surface area contributed by atoms with Crippen molar-refractivity contribution in [2.75, 3.05) is 11.9 Å². The highest BCUT2D eigenvalue weighted by Crippen LogP contribution is 2.24. The second-order valence-electron chi connectivity index (χ2n) is 5.59. The number of hydrogen-bond acceptors (Lipinski definition) is 4. The maximum Gasteiger partial charge on any atom is 0.352 e. The first-order valence-corrected chi connectivity index (χ1v) is 7.29. The summed E-state index contributed by atoms with van der Waals surface area (Å²) < 4.78 is 62.5. The topological polar surface area (TPSA) is 47.4 Å². The largest absolute Gasteiger partial charge is 0.472 e. The van der Waals surface area contributed by atoms with Crippen LogP contribution in [0.5, 0.6) is 5.88 Å². The molecule has 1 aromatic heterocycles. The molecule has 25 heavy (non-hydrogen) atoms. The van der Waals surface area contributed by atoms with Crippen LogP contribution in [-0.2, 0) is 13.1 Å². The van der Waals surface area contributed by atoms with Gasteiger partial charge < -0.3 is 9.64 Å². The van der Waals surface area contributed by atoms with Gasteiger partial charge in [0.1, 0.15) is 18.2 Å². The lowest BCUT2D eigenvalue weighted by atomic mass is 10.1. The first kappa shape index (κ1) is 16.3. The molecule has 1 atom stereocenters. The molecule has 2 aromatic rings. The molecule has 0 saturated heterocycles. The molecule has 3 rings (SSSR count). The van der Waals surface area contributed by atoms with Gasteiger partial charge in [0.05, 0.1) is 2.74 Å². The van der Waals surface area contributed by atoms with Gasteiger partial charge in [0.2, 0.25) is 5.88 Å². The van der Waals surface area contributed by atoms with Crippen molar-refractivity contribution in [1.82, 2.24) is 9.55 Å². The molecule has 0 spiro atoms. The Hall–Kier alpha value is -2.16. The molecule has 2 heterocycles. The van der Waals surface area contributed by atoms with E-state index in [1.54, 1.807) is 7.05 Å². The molecule has 0 aliphatic carbocycles. The standard InChI is InChI=1S/C16H16F3N3O2.H2S/c1-9-3-4-22-15(21(9)2)7-14(20-16(22)23)24-8-10-5-12(18)13(19)6-11(10)17;/h5-7,9H,3-4,8H2,1-2H3;1H2/t9-;/m0./s1/i8D2;. The van der Waals surface area contributed by atoms with E-state index in [0.29, 0.717) is 18.4 Å². The van der Waals surface area contributed by atoms with Crippen molar-refractivity contribution in [2.45, 2.75) is 32.5 Å². The highest BCUT2D eigenvalue weighted by atomic mass is 32.1. The molecule has 136 valence electrons. The fraction of sp³-hybridized carbons (Fsp3) is 0.375. The van der Waals surface area contributed by atoms with Crippen LogP contribution in [0.25, 0.3) is 0 Å². The van der Waals surface area contributed by atoms with Gasteiger partial charge in [-0.2, -0.15) is 18.5 Å². The van der Waals surface area contributed by atoms with Crippen molar-refractivity contribution in [3.63, 3.8) is 0 Å². The Bertz CT molecular complexity index is 927. The minimum absolute atomic E-state index is 0. The van der Waals surface area contributed by atoms with Gasteiger partial charge in [0.15, 0.2) is 11.6 Å². The highest BCUT2D eigenvalue weighted by Gasteiger charge is 2.22. The van der Waals surface area contributed by atoms with Crippen LogP contribution in [-0.4, -0.2) is 22.6 Å². The molecule has 0 unspecified atom stereocenters. The number of fused-ring (bicyclic) bond motifs is 1. The second kappa shape index (κ2) is 7.38. The summed E-state index contributed by atoms with van der Waals surface area (Å²) in [7, 11) is 1.77. The number of hydrogen-bond donors (Lipinski definition) is 0. The number of ether oxygens (including phenoxy) is 1. The van der Waals surface area contributed by atoms with Gasteiger partial charge >= 0.3 is 5.69 Å². The fourth-order valence-corrected chi connectivity index (χ4v) is 2.47. The summed E-state index contributed by atoms with van der Waals surface area (Å²) in [5.41, 5.74) is -1.48. The van der Waals surface area contributed by atoms with Crippen LogP contribution in [0, 0.1) is 17.5 Å².